The van der Waals surface area contributed by atoms with E-state index in [0.717, 1.165) is 12.5 Å². The molecule has 0 aromatic heterocycles. The summed E-state index contributed by atoms with van der Waals surface area (Å²) in [6.07, 6.45) is 1.96. The second-order valence-electron chi connectivity index (χ2n) is 2.50. The number of rotatable bonds is 0. The van der Waals surface area contributed by atoms with Gasteiger partial charge in [-0.05, 0) is 12.2 Å². The van der Waals surface area contributed by atoms with Crippen molar-refractivity contribution in [2.24, 2.45) is 5.92 Å². The van der Waals surface area contributed by atoms with Crippen LogP contribution in [-0.2, 0) is 4.74 Å². The van der Waals surface area contributed by atoms with E-state index in [0.29, 0.717) is 6.10 Å². The average molecular weight is 130 g/mol. The van der Waals surface area contributed by atoms with E-state index in [2.05, 4.69) is 11.8 Å². The predicted octanol–water partition coefficient (Wildman–Crippen LogP) is 1.14. The van der Waals surface area contributed by atoms with Crippen molar-refractivity contribution in [3.05, 3.63) is 0 Å². The summed E-state index contributed by atoms with van der Waals surface area (Å²) in [6, 6.07) is 0. The molecule has 0 aliphatic carbocycles. The minimum Gasteiger partial charge on any atom is -0.377 e. The fourth-order valence-electron chi connectivity index (χ4n) is 1.28. The third-order valence-electron chi connectivity index (χ3n) is 1.93. The molecule has 2 atom stereocenters. The molecular weight excluding hydrogens is 120 g/mol. The molecule has 0 spiro atoms. The van der Waals surface area contributed by atoms with Crippen LogP contribution >= 0.6 is 11.8 Å². The Morgan fingerprint density at radius 2 is 2.50 bits per heavy atom. The Morgan fingerprint density at radius 3 is 2.88 bits per heavy atom. The molecule has 0 radical (unpaired) electrons. The Morgan fingerprint density at radius 1 is 1.50 bits per heavy atom. The second kappa shape index (κ2) is 1.92. The molecule has 2 rings (SSSR count). The highest BCUT2D eigenvalue weighted by atomic mass is 32.2. The summed E-state index contributed by atoms with van der Waals surface area (Å²) in [5, 5.41) is 0. The molecule has 0 aromatic carbocycles. The smallest absolute Gasteiger partial charge is 0.0641 e. The van der Waals surface area contributed by atoms with Crippen LogP contribution in [0.3, 0.4) is 0 Å². The van der Waals surface area contributed by atoms with Crippen molar-refractivity contribution < 1.29 is 4.74 Å². The number of hydrogen-bond acceptors (Lipinski definition) is 2. The molecule has 1 nitrogen and oxygen atoms in total. The van der Waals surface area contributed by atoms with Crippen LogP contribution in [0.4, 0.5) is 0 Å². The largest absolute Gasteiger partial charge is 0.377 e. The fourth-order valence-corrected chi connectivity index (χ4v) is 2.46. The van der Waals surface area contributed by atoms with Gasteiger partial charge in [0.25, 0.3) is 0 Å². The summed E-state index contributed by atoms with van der Waals surface area (Å²) in [7, 11) is 0. The summed E-state index contributed by atoms with van der Waals surface area (Å²) in [4.78, 5) is 0. The topological polar surface area (TPSA) is 9.23 Å². The molecule has 0 saturated carbocycles. The van der Waals surface area contributed by atoms with Crippen molar-refractivity contribution in [2.75, 3.05) is 18.1 Å². The monoisotopic (exact) mass is 130 g/mol. The average Bonchev–Trinajstić information content (AvgIpc) is 1.72. The number of ether oxygens (including phenoxy) is 1. The van der Waals surface area contributed by atoms with E-state index in [1.165, 1.54) is 17.9 Å². The predicted molar refractivity (Wildman–Crippen MR) is 35.2 cm³/mol. The molecule has 2 heteroatoms. The zero-order chi connectivity index (χ0) is 5.40. The normalized spacial score (nSPS) is 45.0. The third-order valence-corrected chi connectivity index (χ3v) is 3.12. The van der Waals surface area contributed by atoms with Crippen molar-refractivity contribution in [1.29, 1.82) is 0 Å². The molecule has 2 unspecified atom stereocenters. The van der Waals surface area contributed by atoms with Crippen LogP contribution < -0.4 is 0 Å². The van der Waals surface area contributed by atoms with E-state index >= 15 is 0 Å². The Bertz CT molecular complexity index is 82.5. The molecule has 0 bridgehead atoms. The van der Waals surface area contributed by atoms with Crippen molar-refractivity contribution >= 4 is 11.8 Å². The Kier molecular flexibility index (Phi) is 1.23. The van der Waals surface area contributed by atoms with E-state index < -0.39 is 0 Å². The van der Waals surface area contributed by atoms with Crippen molar-refractivity contribution in [3.63, 3.8) is 0 Å². The first-order chi connectivity index (χ1) is 3.97. The minimum atomic E-state index is 0.663. The van der Waals surface area contributed by atoms with Crippen LogP contribution in [-0.4, -0.2) is 24.2 Å². The molecule has 0 N–H and O–H groups in total. The minimum absolute atomic E-state index is 0.663. The van der Waals surface area contributed by atoms with Crippen LogP contribution in [0.5, 0.6) is 0 Å². The lowest BCUT2D eigenvalue weighted by atomic mass is 9.98. The van der Waals surface area contributed by atoms with Gasteiger partial charge in [0.2, 0.25) is 0 Å². The van der Waals surface area contributed by atoms with Gasteiger partial charge >= 0.3 is 0 Å². The van der Waals surface area contributed by atoms with Gasteiger partial charge in [0, 0.05) is 11.7 Å². The third kappa shape index (κ3) is 0.669. The van der Waals surface area contributed by atoms with E-state index in [1.807, 2.05) is 0 Å². The van der Waals surface area contributed by atoms with Gasteiger partial charge < -0.3 is 4.74 Å². The Hall–Kier alpha value is 0.310. The van der Waals surface area contributed by atoms with Crippen LogP contribution in [0.1, 0.15) is 6.42 Å². The molecule has 2 aliphatic rings. The van der Waals surface area contributed by atoms with Gasteiger partial charge in [0.05, 0.1) is 12.7 Å². The number of thioether (sulfide) groups is 1. The highest BCUT2D eigenvalue weighted by Gasteiger charge is 2.33. The van der Waals surface area contributed by atoms with Crippen LogP contribution in [0.2, 0.25) is 0 Å². The van der Waals surface area contributed by atoms with Gasteiger partial charge in [0.15, 0.2) is 0 Å². The summed E-state index contributed by atoms with van der Waals surface area (Å²) < 4.78 is 5.32. The molecule has 2 aliphatic heterocycles. The molecule has 2 fully saturated rings. The summed E-state index contributed by atoms with van der Waals surface area (Å²) in [6.45, 7) is 1.04. The number of fused-ring (bicyclic) bond motifs is 1. The first kappa shape index (κ1) is 5.12. The molecular formula is C6H10OS. The molecule has 46 valence electrons. The standard InChI is InChI=1S/C6H10OS/c1-2-8-4-5-3-7-6(1)5/h5-6H,1-4H2. The summed E-state index contributed by atoms with van der Waals surface area (Å²) in [5.74, 6) is 3.60. The van der Waals surface area contributed by atoms with Gasteiger partial charge in [-0.15, -0.1) is 0 Å². The van der Waals surface area contributed by atoms with E-state index in [-0.39, 0.29) is 0 Å². The van der Waals surface area contributed by atoms with E-state index in [9.17, 15) is 0 Å². The zero-order valence-electron chi connectivity index (χ0n) is 4.80. The van der Waals surface area contributed by atoms with E-state index in [4.69, 9.17) is 4.74 Å². The number of hydrogen-bond donors (Lipinski definition) is 0. The fraction of sp³-hybridized carbons (Fsp3) is 1.00. The SMILES string of the molecule is C1CC2OCC2CS1. The quantitative estimate of drug-likeness (QED) is 0.486. The maximum Gasteiger partial charge on any atom is 0.0641 e. The van der Waals surface area contributed by atoms with Crippen molar-refractivity contribution in [3.8, 4) is 0 Å². The maximum absolute atomic E-state index is 5.32. The Balaban J connectivity index is 1.92. The maximum atomic E-state index is 5.32. The summed E-state index contributed by atoms with van der Waals surface area (Å²) in [5.41, 5.74) is 0. The van der Waals surface area contributed by atoms with Gasteiger partial charge in [-0.3, -0.25) is 0 Å². The molecule has 0 aromatic rings. The Labute approximate surface area is 53.8 Å². The summed E-state index contributed by atoms with van der Waals surface area (Å²) >= 11 is 2.08. The van der Waals surface area contributed by atoms with Crippen molar-refractivity contribution in [2.45, 2.75) is 12.5 Å². The van der Waals surface area contributed by atoms with Gasteiger partial charge in [0.1, 0.15) is 0 Å². The first-order valence-electron chi connectivity index (χ1n) is 3.16. The lowest BCUT2D eigenvalue weighted by Crippen LogP contribution is -2.43. The lowest BCUT2D eigenvalue weighted by Gasteiger charge is -2.39. The van der Waals surface area contributed by atoms with Crippen LogP contribution in [0, 0.1) is 5.92 Å². The highest BCUT2D eigenvalue weighted by molar-refractivity contribution is 7.99. The molecule has 2 heterocycles. The second-order valence-corrected chi connectivity index (χ2v) is 3.65. The highest BCUT2D eigenvalue weighted by Crippen LogP contribution is 2.32. The first-order valence-corrected chi connectivity index (χ1v) is 4.31. The molecule has 0 amide bonds. The van der Waals surface area contributed by atoms with Gasteiger partial charge in [-0.1, -0.05) is 0 Å². The molecule has 8 heavy (non-hydrogen) atoms. The van der Waals surface area contributed by atoms with Gasteiger partial charge in [-0.25, -0.2) is 0 Å². The lowest BCUT2D eigenvalue weighted by molar-refractivity contribution is -0.106. The van der Waals surface area contributed by atoms with Crippen molar-refractivity contribution in [1.82, 2.24) is 0 Å². The van der Waals surface area contributed by atoms with Crippen LogP contribution in [0.15, 0.2) is 0 Å². The van der Waals surface area contributed by atoms with Gasteiger partial charge in [-0.2, -0.15) is 11.8 Å². The van der Waals surface area contributed by atoms with E-state index in [1.54, 1.807) is 0 Å². The van der Waals surface area contributed by atoms with Crippen LogP contribution in [0.25, 0.3) is 0 Å². The zero-order valence-corrected chi connectivity index (χ0v) is 5.62. The molecule has 2 saturated heterocycles.